The van der Waals surface area contributed by atoms with Crippen LogP contribution in [0.15, 0.2) is 24.3 Å². The van der Waals surface area contributed by atoms with E-state index in [1.165, 1.54) is 0 Å². The Hall–Kier alpha value is -2.09. The van der Waals surface area contributed by atoms with Gasteiger partial charge < -0.3 is 15.2 Å². The molecule has 2 rings (SSSR count). The van der Waals surface area contributed by atoms with Crippen molar-refractivity contribution in [1.29, 1.82) is 0 Å². The molecule has 114 valence electrons. The van der Waals surface area contributed by atoms with Crippen LogP contribution in [0.2, 0.25) is 0 Å². The molecular formula is C13H12F3NO4. The third-order valence-corrected chi connectivity index (χ3v) is 3.26. The maximum Gasteiger partial charge on any atom is 0.416 e. The van der Waals surface area contributed by atoms with E-state index < -0.39 is 29.2 Å². The first-order valence-corrected chi connectivity index (χ1v) is 6.05. The minimum absolute atomic E-state index is 0.0458. The van der Waals surface area contributed by atoms with Crippen molar-refractivity contribution in [2.24, 2.45) is 0 Å². The third kappa shape index (κ3) is 3.15. The van der Waals surface area contributed by atoms with Crippen molar-refractivity contribution >= 4 is 11.9 Å². The molecule has 0 saturated carbocycles. The summed E-state index contributed by atoms with van der Waals surface area (Å²) in [6, 6.07) is 3.55. The number of rotatable bonds is 3. The second-order valence-corrected chi connectivity index (χ2v) is 4.72. The number of alkyl halides is 3. The Bertz CT molecular complexity index is 548. The highest BCUT2D eigenvalue weighted by Gasteiger charge is 2.44. The summed E-state index contributed by atoms with van der Waals surface area (Å²) in [7, 11) is 0. The Morgan fingerprint density at radius 2 is 1.86 bits per heavy atom. The average molecular weight is 303 g/mol. The molecule has 1 heterocycles. The van der Waals surface area contributed by atoms with Gasteiger partial charge in [0.15, 0.2) is 5.54 Å². The van der Waals surface area contributed by atoms with Gasteiger partial charge in [0.25, 0.3) is 5.91 Å². The minimum atomic E-state index is -4.49. The summed E-state index contributed by atoms with van der Waals surface area (Å²) in [5, 5.41) is 11.5. The Labute approximate surface area is 117 Å². The Morgan fingerprint density at radius 3 is 2.29 bits per heavy atom. The van der Waals surface area contributed by atoms with Crippen LogP contribution in [0.5, 0.6) is 0 Å². The monoisotopic (exact) mass is 303 g/mol. The fourth-order valence-electron chi connectivity index (χ4n) is 1.99. The molecular weight excluding hydrogens is 291 g/mol. The van der Waals surface area contributed by atoms with Crippen LogP contribution in [-0.2, 0) is 15.7 Å². The van der Waals surface area contributed by atoms with E-state index in [1.807, 2.05) is 0 Å². The van der Waals surface area contributed by atoms with E-state index in [1.54, 1.807) is 0 Å². The van der Waals surface area contributed by atoms with Gasteiger partial charge in [-0.05, 0) is 24.3 Å². The molecule has 0 bridgehead atoms. The molecule has 1 saturated heterocycles. The lowest BCUT2D eigenvalue weighted by molar-refractivity contribution is -0.144. The molecule has 5 nitrogen and oxygen atoms in total. The fraction of sp³-hybridized carbons (Fsp3) is 0.385. The summed E-state index contributed by atoms with van der Waals surface area (Å²) in [5.41, 5.74) is -2.45. The lowest BCUT2D eigenvalue weighted by Gasteiger charge is -2.23. The second-order valence-electron chi connectivity index (χ2n) is 4.72. The van der Waals surface area contributed by atoms with E-state index in [2.05, 4.69) is 5.32 Å². The molecule has 1 unspecified atom stereocenters. The first-order valence-electron chi connectivity index (χ1n) is 6.05. The molecule has 1 aromatic carbocycles. The molecule has 0 aliphatic carbocycles. The van der Waals surface area contributed by atoms with Gasteiger partial charge in [0.1, 0.15) is 0 Å². The standard InChI is InChI=1S/C13H12F3NO4/c14-13(15,16)9-3-1-8(2-4-9)10(18)17-12(11(19)20)5-6-21-7-12/h1-4H,5-7H2,(H,17,18)(H,19,20). The summed E-state index contributed by atoms with van der Waals surface area (Å²) < 4.78 is 42.2. The third-order valence-electron chi connectivity index (χ3n) is 3.26. The molecule has 1 aliphatic rings. The summed E-state index contributed by atoms with van der Waals surface area (Å²) in [4.78, 5) is 23.2. The van der Waals surface area contributed by atoms with Crippen molar-refractivity contribution in [2.75, 3.05) is 13.2 Å². The number of carboxylic acid groups (broad SMARTS) is 1. The highest BCUT2D eigenvalue weighted by molar-refractivity contribution is 5.98. The number of carbonyl (C=O) groups is 2. The van der Waals surface area contributed by atoms with Crippen molar-refractivity contribution in [2.45, 2.75) is 18.1 Å². The van der Waals surface area contributed by atoms with Crippen LogP contribution in [0.4, 0.5) is 13.2 Å². The van der Waals surface area contributed by atoms with Crippen molar-refractivity contribution < 1.29 is 32.6 Å². The van der Waals surface area contributed by atoms with E-state index in [-0.39, 0.29) is 25.2 Å². The van der Waals surface area contributed by atoms with Gasteiger partial charge in [-0.3, -0.25) is 4.79 Å². The van der Waals surface area contributed by atoms with Gasteiger partial charge in [-0.1, -0.05) is 0 Å². The normalized spacial score (nSPS) is 22.0. The van der Waals surface area contributed by atoms with Gasteiger partial charge in [0.05, 0.1) is 12.2 Å². The predicted molar refractivity (Wildman–Crippen MR) is 64.7 cm³/mol. The lowest BCUT2D eigenvalue weighted by atomic mass is 9.98. The average Bonchev–Trinajstić information content (AvgIpc) is 2.88. The van der Waals surface area contributed by atoms with Crippen LogP contribution >= 0.6 is 0 Å². The number of benzene rings is 1. The number of hydrogen-bond acceptors (Lipinski definition) is 3. The number of ether oxygens (including phenoxy) is 1. The zero-order valence-corrected chi connectivity index (χ0v) is 10.7. The van der Waals surface area contributed by atoms with Crippen LogP contribution in [0.25, 0.3) is 0 Å². The van der Waals surface area contributed by atoms with Crippen molar-refractivity contribution in [3.8, 4) is 0 Å². The molecule has 2 N–H and O–H groups in total. The van der Waals surface area contributed by atoms with Gasteiger partial charge in [0.2, 0.25) is 0 Å². The largest absolute Gasteiger partial charge is 0.479 e. The van der Waals surface area contributed by atoms with Crippen molar-refractivity contribution in [3.05, 3.63) is 35.4 Å². The van der Waals surface area contributed by atoms with Crippen LogP contribution in [0, 0.1) is 0 Å². The molecule has 1 amide bonds. The van der Waals surface area contributed by atoms with Crippen molar-refractivity contribution in [1.82, 2.24) is 5.32 Å². The van der Waals surface area contributed by atoms with E-state index in [0.29, 0.717) is 0 Å². The number of halogens is 3. The Morgan fingerprint density at radius 1 is 1.24 bits per heavy atom. The molecule has 1 aliphatic heterocycles. The summed E-state index contributed by atoms with van der Waals surface area (Å²) in [6.45, 7) is 0.0221. The number of carbonyl (C=O) groups excluding carboxylic acids is 1. The maximum absolute atomic E-state index is 12.4. The highest BCUT2D eigenvalue weighted by Crippen LogP contribution is 2.29. The zero-order chi connectivity index (χ0) is 15.7. The van der Waals surface area contributed by atoms with Gasteiger partial charge in [-0.15, -0.1) is 0 Å². The van der Waals surface area contributed by atoms with Crippen LogP contribution in [-0.4, -0.2) is 35.7 Å². The van der Waals surface area contributed by atoms with Crippen LogP contribution < -0.4 is 5.32 Å². The fourth-order valence-corrected chi connectivity index (χ4v) is 1.99. The molecule has 8 heteroatoms. The quantitative estimate of drug-likeness (QED) is 0.891. The topological polar surface area (TPSA) is 75.6 Å². The number of aliphatic carboxylic acids is 1. The second kappa shape index (κ2) is 5.36. The smallest absolute Gasteiger partial charge is 0.416 e. The summed E-state index contributed by atoms with van der Waals surface area (Å²) in [6.07, 6.45) is -4.38. The van der Waals surface area contributed by atoms with Gasteiger partial charge in [-0.2, -0.15) is 13.2 Å². The van der Waals surface area contributed by atoms with Gasteiger partial charge in [-0.25, -0.2) is 4.79 Å². The number of hydrogen-bond donors (Lipinski definition) is 2. The Balaban J connectivity index is 2.15. The predicted octanol–water partition coefficient (Wildman–Crippen LogP) is 1.68. The first-order chi connectivity index (χ1) is 9.74. The molecule has 21 heavy (non-hydrogen) atoms. The molecule has 1 fully saturated rings. The molecule has 0 radical (unpaired) electrons. The first kappa shape index (κ1) is 15.3. The summed E-state index contributed by atoms with van der Waals surface area (Å²) in [5.74, 6) is -1.99. The van der Waals surface area contributed by atoms with Crippen molar-refractivity contribution in [3.63, 3.8) is 0 Å². The van der Waals surface area contributed by atoms with E-state index in [4.69, 9.17) is 9.84 Å². The van der Waals surface area contributed by atoms with Gasteiger partial charge in [0, 0.05) is 18.6 Å². The van der Waals surface area contributed by atoms with E-state index in [0.717, 1.165) is 24.3 Å². The van der Waals surface area contributed by atoms with E-state index in [9.17, 15) is 22.8 Å². The molecule has 0 spiro atoms. The number of nitrogens with one attached hydrogen (secondary N) is 1. The molecule has 1 atom stereocenters. The molecule has 1 aromatic rings. The zero-order valence-electron chi connectivity index (χ0n) is 10.7. The number of carboxylic acids is 1. The van der Waals surface area contributed by atoms with Crippen LogP contribution in [0.1, 0.15) is 22.3 Å². The van der Waals surface area contributed by atoms with E-state index >= 15 is 0 Å². The highest BCUT2D eigenvalue weighted by atomic mass is 19.4. The Kier molecular flexibility index (Phi) is 3.91. The maximum atomic E-state index is 12.4. The van der Waals surface area contributed by atoms with Crippen LogP contribution in [0.3, 0.4) is 0 Å². The lowest BCUT2D eigenvalue weighted by Crippen LogP contribution is -2.55. The molecule has 0 aromatic heterocycles. The summed E-state index contributed by atoms with van der Waals surface area (Å²) >= 11 is 0. The number of amides is 1. The SMILES string of the molecule is O=C(NC1(C(=O)O)CCOC1)c1ccc(C(F)(F)F)cc1. The van der Waals surface area contributed by atoms with Gasteiger partial charge >= 0.3 is 12.1 Å². The minimum Gasteiger partial charge on any atom is -0.479 e.